The second-order valence-corrected chi connectivity index (χ2v) is 3.02. The van der Waals surface area contributed by atoms with Gasteiger partial charge in [0, 0.05) is 13.0 Å². The van der Waals surface area contributed by atoms with Crippen molar-refractivity contribution in [2.75, 3.05) is 20.5 Å². The Kier molecular flexibility index (Phi) is 3.60. The van der Waals surface area contributed by atoms with Crippen LogP contribution in [0.15, 0.2) is 12.2 Å². The molecule has 1 atom stereocenters. The lowest BCUT2D eigenvalue weighted by Gasteiger charge is -2.10. The van der Waals surface area contributed by atoms with E-state index in [1.165, 1.54) is 24.8 Å². The summed E-state index contributed by atoms with van der Waals surface area (Å²) in [6.07, 6.45) is 3.70. The first-order valence-electron chi connectivity index (χ1n) is 4.09. The van der Waals surface area contributed by atoms with Gasteiger partial charge < -0.3 is 9.47 Å². The van der Waals surface area contributed by atoms with Crippen molar-refractivity contribution < 1.29 is 9.47 Å². The molecule has 1 rings (SSSR count). The molecule has 64 valence electrons. The molecule has 0 saturated heterocycles. The second-order valence-electron chi connectivity index (χ2n) is 3.02. The molecule has 1 saturated carbocycles. The molecule has 0 aromatic carbocycles. The third-order valence-corrected chi connectivity index (χ3v) is 2.15. The lowest BCUT2D eigenvalue weighted by atomic mass is 10.1. The van der Waals surface area contributed by atoms with Crippen molar-refractivity contribution in [3.05, 3.63) is 12.2 Å². The van der Waals surface area contributed by atoms with E-state index in [1.807, 2.05) is 0 Å². The minimum atomic E-state index is 0.407. The van der Waals surface area contributed by atoms with Crippen LogP contribution in [0.1, 0.15) is 19.3 Å². The van der Waals surface area contributed by atoms with Gasteiger partial charge in [0.1, 0.15) is 6.79 Å². The molecular formula is C9H16O2. The lowest BCUT2D eigenvalue weighted by Crippen LogP contribution is -2.08. The molecule has 0 unspecified atom stereocenters. The van der Waals surface area contributed by atoms with Crippen molar-refractivity contribution in [1.82, 2.24) is 0 Å². The Labute approximate surface area is 68.2 Å². The highest BCUT2D eigenvalue weighted by atomic mass is 16.7. The zero-order chi connectivity index (χ0) is 8.10. The summed E-state index contributed by atoms with van der Waals surface area (Å²) in [6.45, 7) is 5.18. The molecule has 0 aliphatic heterocycles. The molecule has 0 spiro atoms. The Hall–Kier alpha value is -0.340. The molecule has 1 fully saturated rings. The van der Waals surface area contributed by atoms with Crippen molar-refractivity contribution in [2.24, 2.45) is 5.92 Å². The van der Waals surface area contributed by atoms with Crippen LogP contribution in [-0.4, -0.2) is 20.5 Å². The Morgan fingerprint density at radius 1 is 1.64 bits per heavy atom. The van der Waals surface area contributed by atoms with Crippen LogP contribution in [0.2, 0.25) is 0 Å². The molecule has 11 heavy (non-hydrogen) atoms. The molecule has 0 aromatic heterocycles. The summed E-state index contributed by atoms with van der Waals surface area (Å²) < 4.78 is 10.0. The van der Waals surface area contributed by atoms with Gasteiger partial charge in [-0.3, -0.25) is 0 Å². The molecule has 0 amide bonds. The average molecular weight is 156 g/mol. The molecule has 0 heterocycles. The van der Waals surface area contributed by atoms with Crippen LogP contribution in [0, 0.1) is 5.92 Å². The fraction of sp³-hybridized carbons (Fsp3) is 0.778. The van der Waals surface area contributed by atoms with E-state index in [0.717, 1.165) is 6.61 Å². The standard InChI is InChI=1S/C9H16O2/c1-8-4-3-5-9(8)6-11-7-10-2/h9H,1,3-7H2,2H3/t9-/m0/s1. The first kappa shape index (κ1) is 8.75. The largest absolute Gasteiger partial charge is 0.359 e. The Bertz CT molecular complexity index is 132. The van der Waals surface area contributed by atoms with E-state index in [2.05, 4.69) is 6.58 Å². The molecule has 2 nitrogen and oxygen atoms in total. The van der Waals surface area contributed by atoms with E-state index in [9.17, 15) is 0 Å². The Balaban J connectivity index is 2.10. The summed E-state index contributed by atoms with van der Waals surface area (Å²) >= 11 is 0. The van der Waals surface area contributed by atoms with Crippen LogP contribution >= 0.6 is 0 Å². The summed E-state index contributed by atoms with van der Waals surface area (Å²) in [5, 5.41) is 0. The van der Waals surface area contributed by atoms with Gasteiger partial charge in [-0.15, -0.1) is 0 Å². The summed E-state index contributed by atoms with van der Waals surface area (Å²) in [5.41, 5.74) is 1.35. The first-order chi connectivity index (χ1) is 5.34. The van der Waals surface area contributed by atoms with Gasteiger partial charge in [0.2, 0.25) is 0 Å². The maximum Gasteiger partial charge on any atom is 0.146 e. The molecule has 0 bridgehead atoms. The third kappa shape index (κ3) is 2.64. The zero-order valence-electron chi connectivity index (χ0n) is 7.14. The number of hydrogen-bond donors (Lipinski definition) is 0. The fourth-order valence-electron chi connectivity index (χ4n) is 1.46. The zero-order valence-corrected chi connectivity index (χ0v) is 7.14. The molecular weight excluding hydrogens is 140 g/mol. The van der Waals surface area contributed by atoms with Crippen LogP contribution in [0.25, 0.3) is 0 Å². The summed E-state index contributed by atoms with van der Waals surface area (Å²) in [4.78, 5) is 0. The van der Waals surface area contributed by atoms with Crippen LogP contribution in [-0.2, 0) is 9.47 Å². The molecule has 2 heteroatoms. The molecule has 0 N–H and O–H groups in total. The van der Waals surface area contributed by atoms with Crippen molar-refractivity contribution in [3.8, 4) is 0 Å². The molecule has 1 aliphatic rings. The van der Waals surface area contributed by atoms with E-state index in [0.29, 0.717) is 12.7 Å². The Morgan fingerprint density at radius 2 is 2.45 bits per heavy atom. The fourth-order valence-corrected chi connectivity index (χ4v) is 1.46. The summed E-state index contributed by atoms with van der Waals surface area (Å²) in [6, 6.07) is 0. The van der Waals surface area contributed by atoms with Crippen molar-refractivity contribution in [1.29, 1.82) is 0 Å². The third-order valence-electron chi connectivity index (χ3n) is 2.15. The van der Waals surface area contributed by atoms with E-state index in [4.69, 9.17) is 9.47 Å². The number of methoxy groups -OCH3 is 1. The van der Waals surface area contributed by atoms with Gasteiger partial charge in [-0.05, 0) is 19.3 Å². The van der Waals surface area contributed by atoms with E-state index >= 15 is 0 Å². The first-order valence-corrected chi connectivity index (χ1v) is 4.09. The quantitative estimate of drug-likeness (QED) is 0.352. The van der Waals surface area contributed by atoms with Gasteiger partial charge in [-0.25, -0.2) is 0 Å². The van der Waals surface area contributed by atoms with E-state index in [1.54, 1.807) is 7.11 Å². The number of rotatable bonds is 4. The predicted octanol–water partition coefficient (Wildman–Crippen LogP) is 1.96. The van der Waals surface area contributed by atoms with Gasteiger partial charge in [-0.2, -0.15) is 0 Å². The van der Waals surface area contributed by atoms with Gasteiger partial charge >= 0.3 is 0 Å². The van der Waals surface area contributed by atoms with E-state index in [-0.39, 0.29) is 0 Å². The normalized spacial score (nSPS) is 24.5. The van der Waals surface area contributed by atoms with Crippen LogP contribution in [0.3, 0.4) is 0 Å². The minimum Gasteiger partial charge on any atom is -0.359 e. The summed E-state index contributed by atoms with van der Waals surface area (Å²) in [5.74, 6) is 0.588. The van der Waals surface area contributed by atoms with Crippen LogP contribution in [0.5, 0.6) is 0 Å². The number of ether oxygens (including phenoxy) is 2. The highest BCUT2D eigenvalue weighted by molar-refractivity contribution is 5.05. The Morgan fingerprint density at radius 3 is 3.00 bits per heavy atom. The van der Waals surface area contributed by atoms with Crippen molar-refractivity contribution in [2.45, 2.75) is 19.3 Å². The monoisotopic (exact) mass is 156 g/mol. The molecule has 0 aromatic rings. The van der Waals surface area contributed by atoms with Crippen molar-refractivity contribution in [3.63, 3.8) is 0 Å². The van der Waals surface area contributed by atoms with E-state index < -0.39 is 0 Å². The van der Waals surface area contributed by atoms with Crippen molar-refractivity contribution >= 4 is 0 Å². The van der Waals surface area contributed by atoms with Gasteiger partial charge in [-0.1, -0.05) is 12.2 Å². The topological polar surface area (TPSA) is 18.5 Å². The second kappa shape index (κ2) is 4.52. The predicted molar refractivity (Wildman–Crippen MR) is 44.3 cm³/mol. The highest BCUT2D eigenvalue weighted by Gasteiger charge is 2.18. The highest BCUT2D eigenvalue weighted by Crippen LogP contribution is 2.29. The number of hydrogen-bond acceptors (Lipinski definition) is 2. The van der Waals surface area contributed by atoms with Gasteiger partial charge in [0.15, 0.2) is 0 Å². The molecule has 0 radical (unpaired) electrons. The summed E-state index contributed by atoms with van der Waals surface area (Å²) in [7, 11) is 1.64. The average Bonchev–Trinajstić information content (AvgIpc) is 2.37. The van der Waals surface area contributed by atoms with Crippen LogP contribution < -0.4 is 0 Å². The molecule has 1 aliphatic carbocycles. The minimum absolute atomic E-state index is 0.407. The van der Waals surface area contributed by atoms with Gasteiger partial charge in [0.05, 0.1) is 6.61 Å². The van der Waals surface area contributed by atoms with Crippen LogP contribution in [0.4, 0.5) is 0 Å². The maximum absolute atomic E-state index is 5.25. The smallest absolute Gasteiger partial charge is 0.146 e. The van der Waals surface area contributed by atoms with Gasteiger partial charge in [0.25, 0.3) is 0 Å². The SMILES string of the molecule is C=C1CCC[C@H]1COCOC. The lowest BCUT2D eigenvalue weighted by molar-refractivity contribution is -0.0390. The maximum atomic E-state index is 5.25.